The number of nitrogens with zero attached hydrogens (tertiary/aromatic N) is 1. The first-order valence-electron chi connectivity index (χ1n) is 11.3. The number of allylic oxidation sites excluding steroid dienone is 2. The Balaban J connectivity index is 1.94. The Bertz CT molecular complexity index is 1120. The first-order valence-corrected chi connectivity index (χ1v) is 11.3. The van der Waals surface area contributed by atoms with E-state index in [0.717, 1.165) is 17.0 Å². The summed E-state index contributed by atoms with van der Waals surface area (Å²) in [5.41, 5.74) is 2.66. The van der Waals surface area contributed by atoms with Crippen molar-refractivity contribution in [2.75, 3.05) is 25.7 Å². The van der Waals surface area contributed by atoms with Gasteiger partial charge in [-0.25, -0.2) is 0 Å². The van der Waals surface area contributed by atoms with Gasteiger partial charge < -0.3 is 14.2 Å². The van der Waals surface area contributed by atoms with E-state index in [-0.39, 0.29) is 29.4 Å². The zero-order valence-electron chi connectivity index (χ0n) is 19.9. The molecule has 2 aliphatic rings. The molecule has 33 heavy (non-hydrogen) atoms. The Morgan fingerprint density at radius 3 is 2.45 bits per heavy atom. The minimum atomic E-state index is -0.341. The van der Waals surface area contributed by atoms with Gasteiger partial charge in [-0.2, -0.15) is 0 Å². The van der Waals surface area contributed by atoms with Crippen LogP contribution in [-0.2, 0) is 9.59 Å². The van der Waals surface area contributed by atoms with Crippen molar-refractivity contribution in [2.24, 2.45) is 5.41 Å². The maximum absolute atomic E-state index is 13.7. The van der Waals surface area contributed by atoms with Crippen molar-refractivity contribution in [3.8, 4) is 17.2 Å². The van der Waals surface area contributed by atoms with Crippen LogP contribution in [0.15, 0.2) is 53.7 Å². The number of para-hydroxylation sites is 1. The third-order valence-corrected chi connectivity index (χ3v) is 6.36. The number of methoxy groups -OCH3 is 2. The van der Waals surface area contributed by atoms with E-state index in [1.165, 1.54) is 0 Å². The van der Waals surface area contributed by atoms with Gasteiger partial charge in [-0.05, 0) is 37.0 Å². The van der Waals surface area contributed by atoms with E-state index in [9.17, 15) is 9.59 Å². The molecule has 6 nitrogen and oxygen atoms in total. The number of hydrogen-bond donors (Lipinski definition) is 0. The predicted molar refractivity (Wildman–Crippen MR) is 127 cm³/mol. The lowest BCUT2D eigenvalue weighted by molar-refractivity contribution is -0.121. The molecular weight excluding hydrogens is 418 g/mol. The molecule has 1 heterocycles. The Labute approximate surface area is 195 Å². The van der Waals surface area contributed by atoms with Gasteiger partial charge in [-0.1, -0.05) is 32.0 Å². The number of amides is 1. The van der Waals surface area contributed by atoms with Crippen LogP contribution in [0, 0.1) is 5.41 Å². The summed E-state index contributed by atoms with van der Waals surface area (Å²) in [4.78, 5) is 29.0. The van der Waals surface area contributed by atoms with E-state index in [1.807, 2.05) is 31.2 Å². The fraction of sp³-hybridized carbons (Fsp3) is 0.407. The van der Waals surface area contributed by atoms with Crippen LogP contribution in [0.5, 0.6) is 17.2 Å². The summed E-state index contributed by atoms with van der Waals surface area (Å²) in [6.45, 7) is 6.58. The number of anilines is 1. The molecule has 0 fully saturated rings. The van der Waals surface area contributed by atoms with Gasteiger partial charge in [0.15, 0.2) is 5.78 Å². The van der Waals surface area contributed by atoms with Gasteiger partial charge >= 0.3 is 0 Å². The van der Waals surface area contributed by atoms with Crippen molar-refractivity contribution in [1.29, 1.82) is 0 Å². The van der Waals surface area contributed by atoms with Gasteiger partial charge in [0.05, 0.1) is 26.5 Å². The van der Waals surface area contributed by atoms with Crippen molar-refractivity contribution in [2.45, 2.75) is 46.0 Å². The van der Waals surface area contributed by atoms with Crippen LogP contribution < -0.4 is 19.1 Å². The van der Waals surface area contributed by atoms with Gasteiger partial charge in [0.2, 0.25) is 5.91 Å². The second kappa shape index (κ2) is 8.93. The lowest BCUT2D eigenvalue weighted by atomic mass is 9.69. The quantitative estimate of drug-likeness (QED) is 0.601. The van der Waals surface area contributed by atoms with Crippen LogP contribution >= 0.6 is 0 Å². The summed E-state index contributed by atoms with van der Waals surface area (Å²) in [7, 11) is 3.16. The van der Waals surface area contributed by atoms with Crippen molar-refractivity contribution < 1.29 is 23.8 Å². The largest absolute Gasteiger partial charge is 0.497 e. The minimum Gasteiger partial charge on any atom is -0.497 e. The molecule has 0 bridgehead atoms. The van der Waals surface area contributed by atoms with Crippen LogP contribution in [0.1, 0.15) is 51.5 Å². The molecule has 1 amide bonds. The molecule has 0 N–H and O–H groups in total. The molecular formula is C27H31NO5. The molecule has 1 atom stereocenters. The Kier molecular flexibility index (Phi) is 6.19. The van der Waals surface area contributed by atoms with Crippen molar-refractivity contribution in [3.63, 3.8) is 0 Å². The maximum Gasteiger partial charge on any atom is 0.232 e. The van der Waals surface area contributed by atoms with E-state index < -0.39 is 0 Å². The average molecular weight is 450 g/mol. The molecule has 0 saturated carbocycles. The van der Waals surface area contributed by atoms with E-state index in [1.54, 1.807) is 37.3 Å². The molecule has 0 aromatic heterocycles. The SMILES string of the molecule is CCOc1ccccc1C1CC(=O)N(c2cc(OC)ccc2OC)C2=C1C(=O)CC(C)(C)C2. The normalized spacial score (nSPS) is 19.9. The van der Waals surface area contributed by atoms with Gasteiger partial charge in [0, 0.05) is 41.7 Å². The van der Waals surface area contributed by atoms with Crippen LogP contribution in [0.25, 0.3) is 0 Å². The van der Waals surface area contributed by atoms with Gasteiger partial charge in [-0.15, -0.1) is 0 Å². The molecule has 1 aliphatic carbocycles. The second-order valence-corrected chi connectivity index (χ2v) is 9.30. The summed E-state index contributed by atoms with van der Waals surface area (Å²) in [5.74, 6) is 1.55. The Morgan fingerprint density at radius 1 is 1.00 bits per heavy atom. The zero-order chi connectivity index (χ0) is 23.8. The highest BCUT2D eigenvalue weighted by molar-refractivity contribution is 6.08. The molecule has 2 aromatic rings. The molecule has 0 saturated heterocycles. The van der Waals surface area contributed by atoms with Gasteiger partial charge in [0.25, 0.3) is 0 Å². The van der Waals surface area contributed by atoms with E-state index in [2.05, 4.69) is 13.8 Å². The van der Waals surface area contributed by atoms with Crippen LogP contribution in [0.3, 0.4) is 0 Å². The molecule has 4 rings (SSSR count). The van der Waals surface area contributed by atoms with Crippen molar-refractivity contribution in [3.05, 3.63) is 59.3 Å². The van der Waals surface area contributed by atoms with E-state index in [0.29, 0.717) is 42.2 Å². The fourth-order valence-electron chi connectivity index (χ4n) is 4.99. The van der Waals surface area contributed by atoms with Crippen molar-refractivity contribution >= 4 is 17.4 Å². The topological polar surface area (TPSA) is 65.1 Å². The van der Waals surface area contributed by atoms with E-state index in [4.69, 9.17) is 14.2 Å². The van der Waals surface area contributed by atoms with Gasteiger partial charge in [0.1, 0.15) is 17.2 Å². The highest BCUT2D eigenvalue weighted by Gasteiger charge is 2.45. The standard InChI is InChI=1S/C27H31NO5/c1-6-33-23-10-8-7-9-18(23)19-14-25(30)28(20-13-17(31-4)11-12-24(20)32-5)21-15-27(2,3)16-22(29)26(19)21/h7-13,19H,6,14-16H2,1-5H3. The first kappa shape index (κ1) is 22.9. The minimum absolute atomic E-state index is 0.0805. The monoisotopic (exact) mass is 449 g/mol. The molecule has 6 heteroatoms. The number of benzene rings is 2. The lowest BCUT2D eigenvalue weighted by Crippen LogP contribution is -2.44. The smallest absolute Gasteiger partial charge is 0.232 e. The third kappa shape index (κ3) is 4.22. The number of hydrogen-bond acceptors (Lipinski definition) is 5. The number of Topliss-reactive ketones (excluding diaryl/α,β-unsaturated/α-hetero) is 1. The highest BCUT2D eigenvalue weighted by Crippen LogP contribution is 2.51. The predicted octanol–water partition coefficient (Wildman–Crippen LogP) is 5.27. The summed E-state index contributed by atoms with van der Waals surface area (Å²) in [6, 6.07) is 13.1. The molecule has 0 radical (unpaired) electrons. The highest BCUT2D eigenvalue weighted by atomic mass is 16.5. The summed E-state index contributed by atoms with van der Waals surface area (Å²) in [6.07, 6.45) is 1.22. The van der Waals surface area contributed by atoms with Gasteiger partial charge in [-0.3, -0.25) is 14.5 Å². The average Bonchev–Trinajstić information content (AvgIpc) is 2.78. The number of carbonyl (C=O) groups excluding carboxylic acids is 2. The second-order valence-electron chi connectivity index (χ2n) is 9.30. The van der Waals surface area contributed by atoms with Crippen LogP contribution in [0.4, 0.5) is 5.69 Å². The van der Waals surface area contributed by atoms with Crippen molar-refractivity contribution in [1.82, 2.24) is 0 Å². The molecule has 1 aliphatic heterocycles. The van der Waals surface area contributed by atoms with E-state index >= 15 is 0 Å². The number of ketones is 1. The lowest BCUT2D eigenvalue weighted by Gasteiger charge is -2.43. The molecule has 174 valence electrons. The maximum atomic E-state index is 13.7. The zero-order valence-corrected chi connectivity index (χ0v) is 19.9. The molecule has 0 spiro atoms. The van der Waals surface area contributed by atoms with Crippen LogP contribution in [0.2, 0.25) is 0 Å². The third-order valence-electron chi connectivity index (χ3n) is 6.36. The number of carbonyl (C=O) groups is 2. The number of rotatable bonds is 6. The fourth-order valence-corrected chi connectivity index (χ4v) is 4.99. The van der Waals surface area contributed by atoms with Crippen LogP contribution in [-0.4, -0.2) is 32.5 Å². The Hall–Kier alpha value is -3.28. The summed E-state index contributed by atoms with van der Waals surface area (Å²) < 4.78 is 16.9. The Morgan fingerprint density at radius 2 is 1.76 bits per heavy atom. The summed E-state index contributed by atoms with van der Waals surface area (Å²) in [5, 5.41) is 0. The summed E-state index contributed by atoms with van der Waals surface area (Å²) >= 11 is 0. The first-order chi connectivity index (χ1) is 15.8. The molecule has 2 aromatic carbocycles. The molecule has 1 unspecified atom stereocenters. The number of ether oxygens (including phenoxy) is 3.